The average Bonchev–Trinajstić information content (AvgIpc) is 2.88. The highest BCUT2D eigenvalue weighted by atomic mass is 16.2. The second-order valence-electron chi connectivity index (χ2n) is 5.17. The van der Waals surface area contributed by atoms with Crippen molar-refractivity contribution in [1.82, 2.24) is 10.3 Å². The molecule has 110 valence electrons. The number of para-hydroxylation sites is 1. The number of amides is 1. The first-order valence-corrected chi connectivity index (χ1v) is 7.10. The molecule has 1 heterocycles. The summed E-state index contributed by atoms with van der Waals surface area (Å²) in [5.74, 6) is -1.09. The van der Waals surface area contributed by atoms with E-state index in [1.54, 1.807) is 6.92 Å². The quantitative estimate of drug-likeness (QED) is 0.573. The van der Waals surface area contributed by atoms with Crippen LogP contribution in [0.5, 0.6) is 0 Å². The first-order valence-electron chi connectivity index (χ1n) is 7.10. The second kappa shape index (κ2) is 5.85. The summed E-state index contributed by atoms with van der Waals surface area (Å²) in [5, 5.41) is 3.45. The van der Waals surface area contributed by atoms with Gasteiger partial charge in [0.2, 0.25) is 0 Å². The third kappa shape index (κ3) is 2.63. The van der Waals surface area contributed by atoms with Gasteiger partial charge in [-0.1, -0.05) is 48.5 Å². The summed E-state index contributed by atoms with van der Waals surface area (Å²) in [6, 6.07) is 17.0. The Hall–Kier alpha value is -2.88. The van der Waals surface area contributed by atoms with Crippen molar-refractivity contribution in [2.24, 2.45) is 0 Å². The highest BCUT2D eigenvalue weighted by Crippen LogP contribution is 2.22. The Morgan fingerprint density at radius 3 is 2.45 bits per heavy atom. The van der Waals surface area contributed by atoms with Gasteiger partial charge < -0.3 is 10.3 Å². The van der Waals surface area contributed by atoms with Crippen molar-refractivity contribution in [3.05, 3.63) is 71.4 Å². The lowest BCUT2D eigenvalue weighted by Gasteiger charge is -2.05. The summed E-state index contributed by atoms with van der Waals surface area (Å²) in [7, 11) is 0. The molecule has 3 rings (SSSR count). The zero-order chi connectivity index (χ0) is 15.5. The molecule has 1 aromatic heterocycles. The van der Waals surface area contributed by atoms with Gasteiger partial charge in [-0.05, 0) is 18.6 Å². The minimum atomic E-state index is -0.586. The van der Waals surface area contributed by atoms with E-state index in [0.717, 1.165) is 16.5 Å². The number of ketones is 1. The van der Waals surface area contributed by atoms with E-state index in [2.05, 4.69) is 10.3 Å². The SMILES string of the molecule is Cc1[nH]c2ccccc2c1C(=O)C(=O)NCc1ccccc1. The van der Waals surface area contributed by atoms with E-state index in [0.29, 0.717) is 17.8 Å². The fourth-order valence-corrected chi connectivity index (χ4v) is 2.54. The lowest BCUT2D eigenvalue weighted by atomic mass is 10.1. The third-order valence-corrected chi connectivity index (χ3v) is 3.62. The molecule has 0 aliphatic carbocycles. The minimum absolute atomic E-state index is 0.340. The van der Waals surface area contributed by atoms with Gasteiger partial charge in [-0.3, -0.25) is 9.59 Å². The summed E-state index contributed by atoms with van der Waals surface area (Å²) >= 11 is 0. The summed E-state index contributed by atoms with van der Waals surface area (Å²) < 4.78 is 0. The normalized spacial score (nSPS) is 10.6. The van der Waals surface area contributed by atoms with E-state index >= 15 is 0 Å². The fourth-order valence-electron chi connectivity index (χ4n) is 2.54. The Morgan fingerprint density at radius 2 is 1.68 bits per heavy atom. The van der Waals surface area contributed by atoms with Crippen LogP contribution in [0.3, 0.4) is 0 Å². The molecule has 0 fully saturated rings. The molecule has 4 heteroatoms. The molecule has 2 aromatic carbocycles. The molecule has 1 amide bonds. The predicted molar refractivity (Wildman–Crippen MR) is 85.7 cm³/mol. The van der Waals surface area contributed by atoms with Crippen molar-refractivity contribution in [1.29, 1.82) is 0 Å². The van der Waals surface area contributed by atoms with Gasteiger partial charge in [0.1, 0.15) is 0 Å². The molecule has 3 aromatic rings. The smallest absolute Gasteiger partial charge is 0.292 e. The molecule has 0 bridgehead atoms. The van der Waals surface area contributed by atoms with Crippen LogP contribution in [0.4, 0.5) is 0 Å². The van der Waals surface area contributed by atoms with Crippen LogP contribution in [-0.2, 0) is 11.3 Å². The van der Waals surface area contributed by atoms with Gasteiger partial charge >= 0.3 is 0 Å². The van der Waals surface area contributed by atoms with Crippen LogP contribution in [0.15, 0.2) is 54.6 Å². The lowest BCUT2D eigenvalue weighted by molar-refractivity contribution is -0.117. The highest BCUT2D eigenvalue weighted by molar-refractivity contribution is 6.45. The molecule has 22 heavy (non-hydrogen) atoms. The van der Waals surface area contributed by atoms with E-state index in [9.17, 15) is 9.59 Å². The number of hydrogen-bond acceptors (Lipinski definition) is 2. The number of H-pyrrole nitrogens is 1. The summed E-state index contributed by atoms with van der Waals surface area (Å²) in [4.78, 5) is 27.7. The number of Topliss-reactive ketones (excluding diaryl/α,β-unsaturated/α-hetero) is 1. The van der Waals surface area contributed by atoms with Gasteiger partial charge in [-0.25, -0.2) is 0 Å². The minimum Gasteiger partial charge on any atom is -0.358 e. The monoisotopic (exact) mass is 292 g/mol. The van der Waals surface area contributed by atoms with Crippen molar-refractivity contribution >= 4 is 22.6 Å². The maximum absolute atomic E-state index is 12.4. The van der Waals surface area contributed by atoms with Crippen molar-refractivity contribution in [3.8, 4) is 0 Å². The molecular formula is C18H16N2O2. The van der Waals surface area contributed by atoms with E-state index in [1.807, 2.05) is 54.6 Å². The zero-order valence-electron chi connectivity index (χ0n) is 12.2. The number of carbonyl (C=O) groups excluding carboxylic acids is 2. The number of fused-ring (bicyclic) bond motifs is 1. The maximum Gasteiger partial charge on any atom is 0.292 e. The maximum atomic E-state index is 12.4. The van der Waals surface area contributed by atoms with Crippen LogP contribution in [-0.4, -0.2) is 16.7 Å². The average molecular weight is 292 g/mol. The summed E-state index contributed by atoms with van der Waals surface area (Å²) in [5.41, 5.74) is 2.97. The number of aryl methyl sites for hydroxylation is 1. The molecule has 2 N–H and O–H groups in total. The molecule has 0 aliphatic heterocycles. The molecule has 0 radical (unpaired) electrons. The zero-order valence-corrected chi connectivity index (χ0v) is 12.2. The summed E-state index contributed by atoms with van der Waals surface area (Å²) in [6.45, 7) is 2.14. The standard InChI is InChI=1S/C18H16N2O2/c1-12-16(14-9-5-6-10-15(14)20-12)17(21)18(22)19-11-13-7-3-2-4-8-13/h2-10,20H,11H2,1H3,(H,19,22). The van der Waals surface area contributed by atoms with Gasteiger partial charge in [0.25, 0.3) is 11.7 Å². The van der Waals surface area contributed by atoms with Crippen molar-refractivity contribution < 1.29 is 9.59 Å². The molecule has 4 nitrogen and oxygen atoms in total. The Kier molecular flexibility index (Phi) is 3.74. The van der Waals surface area contributed by atoms with Crippen LogP contribution < -0.4 is 5.32 Å². The van der Waals surface area contributed by atoms with Crippen LogP contribution in [0, 0.1) is 6.92 Å². The number of benzene rings is 2. The van der Waals surface area contributed by atoms with Crippen LogP contribution in [0.1, 0.15) is 21.6 Å². The Bertz CT molecular complexity index is 835. The van der Waals surface area contributed by atoms with Gasteiger partial charge in [0, 0.05) is 23.1 Å². The predicted octanol–water partition coefficient (Wildman–Crippen LogP) is 2.98. The fraction of sp³-hybridized carbons (Fsp3) is 0.111. The topological polar surface area (TPSA) is 62.0 Å². The first kappa shape index (κ1) is 14.1. The van der Waals surface area contributed by atoms with E-state index in [1.165, 1.54) is 0 Å². The molecule has 0 spiro atoms. The molecule has 0 aliphatic rings. The highest BCUT2D eigenvalue weighted by Gasteiger charge is 2.22. The number of carbonyl (C=O) groups is 2. The van der Waals surface area contributed by atoms with Crippen LogP contribution >= 0.6 is 0 Å². The number of hydrogen-bond donors (Lipinski definition) is 2. The van der Waals surface area contributed by atoms with Gasteiger partial charge in [0.15, 0.2) is 0 Å². The lowest BCUT2D eigenvalue weighted by Crippen LogP contribution is -2.30. The van der Waals surface area contributed by atoms with E-state index in [4.69, 9.17) is 0 Å². The largest absolute Gasteiger partial charge is 0.358 e. The van der Waals surface area contributed by atoms with Crippen molar-refractivity contribution in [3.63, 3.8) is 0 Å². The Labute approximate surface area is 128 Å². The first-order chi connectivity index (χ1) is 10.7. The Morgan fingerprint density at radius 1 is 1.00 bits per heavy atom. The van der Waals surface area contributed by atoms with E-state index < -0.39 is 11.7 Å². The summed E-state index contributed by atoms with van der Waals surface area (Å²) in [6.07, 6.45) is 0. The van der Waals surface area contributed by atoms with E-state index in [-0.39, 0.29) is 0 Å². The molecule has 0 saturated heterocycles. The number of aromatic amines is 1. The van der Waals surface area contributed by atoms with Crippen molar-refractivity contribution in [2.75, 3.05) is 0 Å². The van der Waals surface area contributed by atoms with Gasteiger partial charge in [-0.15, -0.1) is 0 Å². The van der Waals surface area contributed by atoms with Crippen LogP contribution in [0.25, 0.3) is 10.9 Å². The number of rotatable bonds is 4. The van der Waals surface area contributed by atoms with Crippen LogP contribution in [0.2, 0.25) is 0 Å². The van der Waals surface area contributed by atoms with Crippen molar-refractivity contribution in [2.45, 2.75) is 13.5 Å². The number of nitrogens with one attached hydrogen (secondary N) is 2. The Balaban J connectivity index is 1.80. The molecular weight excluding hydrogens is 276 g/mol. The second-order valence-corrected chi connectivity index (χ2v) is 5.17. The molecule has 0 atom stereocenters. The third-order valence-electron chi connectivity index (χ3n) is 3.62. The molecule has 0 saturated carbocycles. The van der Waals surface area contributed by atoms with Gasteiger partial charge in [0.05, 0.1) is 5.56 Å². The molecule has 0 unspecified atom stereocenters. The van der Waals surface area contributed by atoms with Gasteiger partial charge in [-0.2, -0.15) is 0 Å². The number of aromatic nitrogens is 1.